The molecule has 25 heavy (non-hydrogen) atoms. The number of esters is 1. The van der Waals surface area contributed by atoms with Crippen molar-refractivity contribution in [2.24, 2.45) is 0 Å². The van der Waals surface area contributed by atoms with Gasteiger partial charge in [0, 0.05) is 22.0 Å². The van der Waals surface area contributed by atoms with Crippen molar-refractivity contribution in [1.29, 1.82) is 0 Å². The summed E-state index contributed by atoms with van der Waals surface area (Å²) in [6.07, 6.45) is 5.13. The number of anilines is 1. The van der Waals surface area contributed by atoms with E-state index in [1.807, 2.05) is 36.6 Å². The van der Waals surface area contributed by atoms with Gasteiger partial charge in [0.1, 0.15) is 0 Å². The van der Waals surface area contributed by atoms with Crippen LogP contribution in [0.5, 0.6) is 0 Å². The molecule has 0 spiro atoms. The number of carbonyl (C=O) groups excluding carboxylic acids is 2. The highest BCUT2D eigenvalue weighted by Gasteiger charge is 2.31. The Morgan fingerprint density at radius 3 is 2.92 bits per heavy atom. The Kier molecular flexibility index (Phi) is 4.34. The highest BCUT2D eigenvalue weighted by Crippen LogP contribution is 2.32. The monoisotopic (exact) mass is 355 g/mol. The summed E-state index contributed by atoms with van der Waals surface area (Å²) in [6.45, 7) is 1.82. The van der Waals surface area contributed by atoms with E-state index in [4.69, 9.17) is 4.74 Å². The average molecular weight is 355 g/mol. The molecule has 2 aliphatic rings. The number of nitrogens with zero attached hydrogens (tertiary/aromatic N) is 1. The van der Waals surface area contributed by atoms with E-state index in [9.17, 15) is 9.59 Å². The number of amides is 1. The van der Waals surface area contributed by atoms with Crippen molar-refractivity contribution in [2.45, 2.75) is 45.1 Å². The van der Waals surface area contributed by atoms with Gasteiger partial charge in [-0.1, -0.05) is 18.2 Å². The highest BCUT2D eigenvalue weighted by molar-refractivity contribution is 7.10. The van der Waals surface area contributed by atoms with Crippen molar-refractivity contribution in [3.05, 3.63) is 51.2 Å². The Hall–Kier alpha value is -2.14. The van der Waals surface area contributed by atoms with Gasteiger partial charge in [-0.05, 0) is 56.2 Å². The molecule has 4 nitrogen and oxygen atoms in total. The Morgan fingerprint density at radius 1 is 1.24 bits per heavy atom. The standard InChI is InChI=1S/C20H21NO3S/c1-13-10-14-6-2-4-8-17(14)21(13)19(22)11-24-20(23)16-12-25-18-9-5-3-7-15(16)18/h2,4,6,8,12-13H,3,5,7,9-11H2,1H3/t13-/m1/s1. The maximum atomic E-state index is 12.6. The van der Waals surface area contributed by atoms with Gasteiger partial charge in [-0.15, -0.1) is 11.3 Å². The van der Waals surface area contributed by atoms with E-state index in [1.165, 1.54) is 16.9 Å². The predicted molar refractivity (Wildman–Crippen MR) is 98.3 cm³/mol. The van der Waals surface area contributed by atoms with Gasteiger partial charge < -0.3 is 9.64 Å². The molecular formula is C20H21NO3S. The van der Waals surface area contributed by atoms with Crippen LogP contribution in [0.25, 0.3) is 0 Å². The van der Waals surface area contributed by atoms with Gasteiger partial charge in [0.2, 0.25) is 0 Å². The molecule has 0 saturated heterocycles. The summed E-state index contributed by atoms with van der Waals surface area (Å²) >= 11 is 1.63. The second-order valence-electron chi connectivity index (χ2n) is 6.78. The third kappa shape index (κ3) is 2.97. The van der Waals surface area contributed by atoms with E-state index in [1.54, 1.807) is 16.2 Å². The molecule has 1 aliphatic carbocycles. The van der Waals surface area contributed by atoms with Gasteiger partial charge >= 0.3 is 5.97 Å². The van der Waals surface area contributed by atoms with E-state index in [0.29, 0.717) is 5.56 Å². The summed E-state index contributed by atoms with van der Waals surface area (Å²) in [5.74, 6) is -0.525. The largest absolute Gasteiger partial charge is 0.452 e. The minimum atomic E-state index is -0.368. The van der Waals surface area contributed by atoms with Crippen molar-refractivity contribution in [2.75, 3.05) is 11.5 Å². The second kappa shape index (κ2) is 6.64. The first kappa shape index (κ1) is 16.3. The molecule has 0 unspecified atom stereocenters. The first-order valence-corrected chi connectivity index (χ1v) is 9.69. The fraction of sp³-hybridized carbons (Fsp3) is 0.400. The molecule has 0 fully saturated rings. The topological polar surface area (TPSA) is 46.6 Å². The SMILES string of the molecule is C[C@@H]1Cc2ccccc2N1C(=O)COC(=O)c1csc2c1CCCC2. The molecule has 1 aromatic heterocycles. The molecule has 2 heterocycles. The lowest BCUT2D eigenvalue weighted by atomic mass is 9.96. The number of hydrogen-bond acceptors (Lipinski definition) is 4. The van der Waals surface area contributed by atoms with Gasteiger partial charge in [-0.25, -0.2) is 4.79 Å². The molecule has 1 amide bonds. The maximum absolute atomic E-state index is 12.6. The van der Waals surface area contributed by atoms with Crippen molar-refractivity contribution in [1.82, 2.24) is 0 Å². The van der Waals surface area contributed by atoms with Crippen LogP contribution in [0.2, 0.25) is 0 Å². The van der Waals surface area contributed by atoms with Gasteiger partial charge in [0.25, 0.3) is 5.91 Å². The molecule has 0 N–H and O–H groups in total. The van der Waals surface area contributed by atoms with Crippen LogP contribution in [-0.2, 0) is 28.8 Å². The fourth-order valence-corrected chi connectivity index (χ4v) is 5.00. The molecule has 1 aliphatic heterocycles. The van der Waals surface area contributed by atoms with Crippen LogP contribution in [0, 0.1) is 0 Å². The van der Waals surface area contributed by atoms with E-state index in [-0.39, 0.29) is 24.5 Å². The van der Waals surface area contributed by atoms with Crippen molar-refractivity contribution < 1.29 is 14.3 Å². The lowest BCUT2D eigenvalue weighted by Gasteiger charge is -2.22. The lowest BCUT2D eigenvalue weighted by molar-refractivity contribution is -0.122. The summed E-state index contributed by atoms with van der Waals surface area (Å²) in [5, 5.41) is 1.89. The summed E-state index contributed by atoms with van der Waals surface area (Å²) in [7, 11) is 0. The number of benzene rings is 1. The van der Waals surface area contributed by atoms with Gasteiger partial charge in [0.15, 0.2) is 6.61 Å². The third-order valence-corrected chi connectivity index (χ3v) is 6.17. The number of thiophene rings is 1. The Bertz CT molecular complexity index is 826. The van der Waals surface area contributed by atoms with Gasteiger partial charge in [-0.2, -0.15) is 0 Å². The Morgan fingerprint density at radius 2 is 2.04 bits per heavy atom. The number of ether oxygens (including phenoxy) is 1. The van der Waals surface area contributed by atoms with E-state index < -0.39 is 0 Å². The second-order valence-corrected chi connectivity index (χ2v) is 7.74. The molecule has 0 bridgehead atoms. The minimum Gasteiger partial charge on any atom is -0.452 e. The third-order valence-electron chi connectivity index (χ3n) is 5.08. The number of carbonyl (C=O) groups is 2. The van der Waals surface area contributed by atoms with Crippen LogP contribution in [0.3, 0.4) is 0 Å². The molecular weight excluding hydrogens is 334 g/mol. The van der Waals surface area contributed by atoms with Crippen molar-refractivity contribution in [3.8, 4) is 0 Å². The van der Waals surface area contributed by atoms with Crippen LogP contribution in [0.1, 0.15) is 46.1 Å². The average Bonchev–Trinajstić information content (AvgIpc) is 3.19. The molecule has 0 radical (unpaired) electrons. The molecule has 1 atom stereocenters. The summed E-state index contributed by atoms with van der Waals surface area (Å²) in [5.41, 5.74) is 3.89. The summed E-state index contributed by atoms with van der Waals surface area (Å²) in [4.78, 5) is 28.1. The predicted octanol–water partition coefficient (Wildman–Crippen LogP) is 3.76. The first-order chi connectivity index (χ1) is 12.1. The van der Waals surface area contributed by atoms with Crippen LogP contribution in [-0.4, -0.2) is 24.5 Å². The zero-order valence-corrected chi connectivity index (χ0v) is 15.1. The zero-order valence-electron chi connectivity index (χ0n) is 14.3. The number of rotatable bonds is 3. The maximum Gasteiger partial charge on any atom is 0.339 e. The molecule has 2 aromatic rings. The normalized spacial score (nSPS) is 18.6. The van der Waals surface area contributed by atoms with Crippen molar-refractivity contribution >= 4 is 28.9 Å². The molecule has 4 rings (SSSR count). The number of fused-ring (bicyclic) bond motifs is 2. The summed E-state index contributed by atoms with van der Waals surface area (Å²) < 4.78 is 5.37. The molecule has 1 aromatic carbocycles. The summed E-state index contributed by atoms with van der Waals surface area (Å²) in [6, 6.07) is 8.01. The molecule has 5 heteroatoms. The molecule has 0 saturated carbocycles. The number of hydrogen-bond donors (Lipinski definition) is 0. The lowest BCUT2D eigenvalue weighted by Crippen LogP contribution is -2.38. The van der Waals surface area contributed by atoms with Crippen LogP contribution in [0.4, 0.5) is 5.69 Å². The quantitative estimate of drug-likeness (QED) is 0.788. The van der Waals surface area contributed by atoms with E-state index in [2.05, 4.69) is 0 Å². The van der Waals surface area contributed by atoms with Crippen molar-refractivity contribution in [3.63, 3.8) is 0 Å². The number of para-hydroxylation sites is 1. The van der Waals surface area contributed by atoms with Crippen LogP contribution < -0.4 is 4.90 Å². The van der Waals surface area contributed by atoms with Gasteiger partial charge in [-0.3, -0.25) is 4.79 Å². The fourth-order valence-electron chi connectivity index (χ4n) is 3.89. The van der Waals surface area contributed by atoms with Gasteiger partial charge in [0.05, 0.1) is 5.56 Å². The Labute approximate surface area is 151 Å². The molecule has 130 valence electrons. The van der Waals surface area contributed by atoms with E-state index in [0.717, 1.165) is 36.9 Å². The minimum absolute atomic E-state index is 0.0949. The Balaban J connectivity index is 1.44. The first-order valence-electron chi connectivity index (χ1n) is 8.81. The smallest absolute Gasteiger partial charge is 0.339 e. The van der Waals surface area contributed by atoms with Crippen LogP contribution >= 0.6 is 11.3 Å². The van der Waals surface area contributed by atoms with E-state index >= 15 is 0 Å². The highest BCUT2D eigenvalue weighted by atomic mass is 32.1. The number of aryl methyl sites for hydroxylation is 1. The zero-order chi connectivity index (χ0) is 17.4. The van der Waals surface area contributed by atoms with Crippen LogP contribution in [0.15, 0.2) is 29.6 Å².